The van der Waals surface area contributed by atoms with Gasteiger partial charge >= 0.3 is 0 Å². The zero-order chi connectivity index (χ0) is 15.4. The minimum absolute atomic E-state index is 0.0976. The number of hydrazone groups is 1. The zero-order valence-corrected chi connectivity index (χ0v) is 16.5. The molecule has 1 aromatic rings. The maximum absolute atomic E-state index is 11.6. The van der Waals surface area contributed by atoms with Crippen LogP contribution in [0, 0.1) is 19.5 Å². The Hall–Kier alpha value is -0.380. The molecule has 21 heavy (non-hydrogen) atoms. The Morgan fingerprint density at radius 2 is 2.19 bits per heavy atom. The lowest BCUT2D eigenvalue weighted by atomic mass is 10.2. The van der Waals surface area contributed by atoms with Crippen LogP contribution in [0.2, 0.25) is 0 Å². The van der Waals surface area contributed by atoms with Crippen LogP contribution in [0.3, 0.4) is 0 Å². The summed E-state index contributed by atoms with van der Waals surface area (Å²) in [5.41, 5.74) is 0.865. The molecule has 0 atom stereocenters. The van der Waals surface area contributed by atoms with Gasteiger partial charge in [-0.2, -0.15) is 10.1 Å². The van der Waals surface area contributed by atoms with Crippen LogP contribution >= 0.6 is 69.2 Å². The largest absolute Gasteiger partial charge is 0.479 e. The Morgan fingerprint density at radius 3 is 2.71 bits per heavy atom. The fourth-order valence-corrected chi connectivity index (χ4v) is 4.58. The first-order chi connectivity index (χ1) is 10.0. The maximum atomic E-state index is 11.6. The van der Waals surface area contributed by atoms with Gasteiger partial charge in [-0.05, 0) is 62.9 Å². The number of thiocarbonyl (C=S) groups is 1. The van der Waals surface area contributed by atoms with Crippen molar-refractivity contribution in [2.45, 2.75) is 0 Å². The van der Waals surface area contributed by atoms with E-state index < -0.39 is 0 Å². The molecule has 108 valence electrons. The third-order valence-corrected chi connectivity index (χ3v) is 5.31. The number of halogens is 2. The predicted molar refractivity (Wildman–Crippen MR) is 106 cm³/mol. The number of terminal acetylenes is 1. The van der Waals surface area contributed by atoms with E-state index in [-0.39, 0.29) is 12.5 Å². The molecule has 2 rings (SSSR count). The van der Waals surface area contributed by atoms with Gasteiger partial charge in [-0.3, -0.25) is 4.79 Å². The number of benzene rings is 1. The van der Waals surface area contributed by atoms with E-state index in [1.54, 1.807) is 6.21 Å². The second kappa shape index (κ2) is 7.75. The molecule has 1 fully saturated rings. The second-order valence-electron chi connectivity index (χ2n) is 3.81. The Bertz CT molecular complexity index is 632. The lowest BCUT2D eigenvalue weighted by molar-refractivity contribution is -0.123. The standard InChI is InChI=1S/C13H8I2N2O2S2/c1-2-3-19-12-9(14)4-8(5-10(12)15)6-16-17-11(18)7-21-13(17)20/h1,4-6H,3,7H2/b16-6-. The third kappa shape index (κ3) is 4.30. The van der Waals surface area contributed by atoms with Gasteiger partial charge in [0.25, 0.3) is 5.91 Å². The van der Waals surface area contributed by atoms with Crippen molar-refractivity contribution in [1.82, 2.24) is 5.01 Å². The van der Waals surface area contributed by atoms with Crippen LogP contribution in [0.1, 0.15) is 5.56 Å². The highest BCUT2D eigenvalue weighted by molar-refractivity contribution is 14.1. The molecule has 0 saturated carbocycles. The first-order valence-corrected chi connectivity index (χ1v) is 9.17. The second-order valence-corrected chi connectivity index (χ2v) is 7.74. The molecule has 1 saturated heterocycles. The Morgan fingerprint density at radius 1 is 1.52 bits per heavy atom. The highest BCUT2D eigenvalue weighted by Gasteiger charge is 2.25. The fourth-order valence-electron chi connectivity index (χ4n) is 1.49. The van der Waals surface area contributed by atoms with Gasteiger partial charge in [-0.15, -0.1) is 6.42 Å². The number of carbonyl (C=O) groups is 1. The number of rotatable bonds is 4. The predicted octanol–water partition coefficient (Wildman–Crippen LogP) is 3.10. The Balaban J connectivity index is 2.20. The van der Waals surface area contributed by atoms with E-state index in [0.29, 0.717) is 10.1 Å². The molecule has 1 aliphatic heterocycles. The van der Waals surface area contributed by atoms with E-state index in [0.717, 1.165) is 18.5 Å². The summed E-state index contributed by atoms with van der Waals surface area (Å²) in [6, 6.07) is 3.82. The average molecular weight is 542 g/mol. The van der Waals surface area contributed by atoms with Crippen molar-refractivity contribution >= 4 is 85.6 Å². The summed E-state index contributed by atoms with van der Waals surface area (Å²) in [5, 5.41) is 5.40. The lowest BCUT2D eigenvalue weighted by Crippen LogP contribution is -2.22. The van der Waals surface area contributed by atoms with Crippen molar-refractivity contribution in [1.29, 1.82) is 0 Å². The van der Waals surface area contributed by atoms with E-state index >= 15 is 0 Å². The lowest BCUT2D eigenvalue weighted by Gasteiger charge is -2.10. The molecule has 0 aromatic heterocycles. The van der Waals surface area contributed by atoms with Crippen LogP contribution in [0.5, 0.6) is 5.75 Å². The van der Waals surface area contributed by atoms with Gasteiger partial charge in [-0.1, -0.05) is 29.9 Å². The number of carbonyl (C=O) groups excluding carboxylic acids is 1. The van der Waals surface area contributed by atoms with Gasteiger partial charge in [0.1, 0.15) is 12.4 Å². The van der Waals surface area contributed by atoms with Crippen molar-refractivity contribution in [3.05, 3.63) is 24.8 Å². The first-order valence-electron chi connectivity index (χ1n) is 5.62. The van der Waals surface area contributed by atoms with E-state index in [1.807, 2.05) is 12.1 Å². The van der Waals surface area contributed by atoms with E-state index in [1.165, 1.54) is 16.8 Å². The van der Waals surface area contributed by atoms with Gasteiger partial charge in [-0.25, -0.2) is 0 Å². The third-order valence-electron chi connectivity index (χ3n) is 2.37. The maximum Gasteiger partial charge on any atom is 0.259 e. The van der Waals surface area contributed by atoms with Gasteiger partial charge in [0.15, 0.2) is 4.32 Å². The van der Waals surface area contributed by atoms with Crippen LogP contribution in [0.4, 0.5) is 0 Å². The molecule has 4 nitrogen and oxygen atoms in total. The Kier molecular flexibility index (Phi) is 6.27. The van der Waals surface area contributed by atoms with Crippen molar-refractivity contribution in [2.24, 2.45) is 5.10 Å². The van der Waals surface area contributed by atoms with Crippen molar-refractivity contribution in [2.75, 3.05) is 12.4 Å². The summed E-state index contributed by atoms with van der Waals surface area (Å²) in [6.07, 6.45) is 6.81. The minimum Gasteiger partial charge on any atom is -0.479 e. The molecule has 0 bridgehead atoms. The molecule has 0 radical (unpaired) electrons. The van der Waals surface area contributed by atoms with Crippen LogP contribution in [0.25, 0.3) is 0 Å². The van der Waals surface area contributed by atoms with Crippen LogP contribution in [-0.2, 0) is 4.79 Å². The zero-order valence-electron chi connectivity index (χ0n) is 10.5. The summed E-state index contributed by atoms with van der Waals surface area (Å²) in [7, 11) is 0. The van der Waals surface area contributed by atoms with E-state index in [9.17, 15) is 4.79 Å². The number of thioether (sulfide) groups is 1. The number of hydrogen-bond donors (Lipinski definition) is 0. The summed E-state index contributed by atoms with van der Waals surface area (Å²) in [4.78, 5) is 11.6. The topological polar surface area (TPSA) is 41.9 Å². The van der Waals surface area contributed by atoms with Gasteiger partial charge < -0.3 is 4.74 Å². The molecule has 0 N–H and O–H groups in total. The quantitative estimate of drug-likeness (QED) is 0.254. The van der Waals surface area contributed by atoms with Crippen molar-refractivity contribution in [3.8, 4) is 18.1 Å². The SMILES string of the molecule is C#CCOc1c(I)cc(/C=N\N2C(=O)CSC2=S)cc1I. The number of ether oxygens (including phenoxy) is 1. The highest BCUT2D eigenvalue weighted by Crippen LogP contribution is 2.28. The minimum atomic E-state index is -0.0976. The molecule has 0 spiro atoms. The van der Waals surface area contributed by atoms with Crippen molar-refractivity contribution < 1.29 is 9.53 Å². The van der Waals surface area contributed by atoms with Gasteiger partial charge in [0.05, 0.1) is 19.1 Å². The molecule has 1 aliphatic rings. The van der Waals surface area contributed by atoms with Crippen LogP contribution in [0.15, 0.2) is 17.2 Å². The molecule has 1 heterocycles. The molecule has 0 aliphatic carbocycles. The van der Waals surface area contributed by atoms with E-state index in [4.69, 9.17) is 23.4 Å². The molecular formula is C13H8I2N2O2S2. The van der Waals surface area contributed by atoms with Crippen LogP contribution in [-0.4, -0.2) is 33.8 Å². The molecule has 8 heteroatoms. The van der Waals surface area contributed by atoms with Crippen molar-refractivity contribution in [3.63, 3.8) is 0 Å². The van der Waals surface area contributed by atoms with Gasteiger partial charge in [0, 0.05) is 0 Å². The van der Waals surface area contributed by atoms with Gasteiger partial charge in [0.2, 0.25) is 0 Å². The number of hydrogen-bond acceptors (Lipinski definition) is 5. The monoisotopic (exact) mass is 542 g/mol. The summed E-state index contributed by atoms with van der Waals surface area (Å²) < 4.78 is 7.84. The summed E-state index contributed by atoms with van der Waals surface area (Å²) in [5.74, 6) is 3.45. The molecule has 1 aromatic carbocycles. The normalized spacial score (nSPS) is 14.8. The van der Waals surface area contributed by atoms with Crippen LogP contribution < -0.4 is 4.74 Å². The van der Waals surface area contributed by atoms with E-state index in [2.05, 4.69) is 56.2 Å². The molecule has 0 unspecified atom stereocenters. The number of amides is 1. The molecule has 1 amide bonds. The average Bonchev–Trinajstić information content (AvgIpc) is 2.75. The smallest absolute Gasteiger partial charge is 0.259 e. The molecular weight excluding hydrogens is 534 g/mol. The number of nitrogens with zero attached hydrogens (tertiary/aromatic N) is 2. The summed E-state index contributed by atoms with van der Waals surface area (Å²) in [6.45, 7) is 0.229. The summed E-state index contributed by atoms with van der Waals surface area (Å²) >= 11 is 10.7. The fraction of sp³-hybridized carbons (Fsp3) is 0.154. The Labute approximate surface area is 159 Å². The highest BCUT2D eigenvalue weighted by atomic mass is 127. The first kappa shape index (κ1) is 17.0.